The summed E-state index contributed by atoms with van der Waals surface area (Å²) in [6.45, 7) is 0. The minimum Gasteiger partial charge on any atom is -0.493 e. The highest BCUT2D eigenvalue weighted by molar-refractivity contribution is 9.10. The van der Waals surface area contributed by atoms with E-state index >= 15 is 0 Å². The fourth-order valence-electron chi connectivity index (χ4n) is 1.79. The number of halogens is 1. The van der Waals surface area contributed by atoms with Crippen molar-refractivity contribution in [3.63, 3.8) is 0 Å². The van der Waals surface area contributed by atoms with Gasteiger partial charge >= 0.3 is 5.97 Å². The second-order valence-electron chi connectivity index (χ2n) is 4.37. The summed E-state index contributed by atoms with van der Waals surface area (Å²) in [6.07, 6.45) is 0.0547. The number of non-ortho nitro benzene ring substituents is 1. The van der Waals surface area contributed by atoms with E-state index in [1.807, 2.05) is 12.1 Å². The third-order valence-corrected chi connectivity index (χ3v) is 3.37. The molecule has 0 aliphatic carbocycles. The number of hydrogen-bond acceptors (Lipinski definition) is 5. The van der Waals surface area contributed by atoms with Crippen LogP contribution in [0.5, 0.6) is 11.5 Å². The lowest BCUT2D eigenvalue weighted by Gasteiger charge is -2.09. The average molecular weight is 366 g/mol. The van der Waals surface area contributed by atoms with Crippen LogP contribution < -0.4 is 9.47 Å². The first-order chi connectivity index (χ1) is 10.5. The first kappa shape index (κ1) is 16.0. The van der Waals surface area contributed by atoms with Crippen LogP contribution in [0.4, 0.5) is 5.69 Å². The topological polar surface area (TPSA) is 78.7 Å². The summed E-state index contributed by atoms with van der Waals surface area (Å²) < 4.78 is 11.1. The van der Waals surface area contributed by atoms with E-state index in [2.05, 4.69) is 15.9 Å². The molecule has 0 radical (unpaired) electrons. The van der Waals surface area contributed by atoms with Gasteiger partial charge in [0.05, 0.1) is 24.5 Å². The van der Waals surface area contributed by atoms with Crippen molar-refractivity contribution in [2.24, 2.45) is 0 Å². The highest BCUT2D eigenvalue weighted by Gasteiger charge is 2.16. The largest absolute Gasteiger partial charge is 0.493 e. The average Bonchev–Trinajstić information content (AvgIpc) is 2.49. The second-order valence-corrected chi connectivity index (χ2v) is 5.29. The number of nitrogens with zero attached hydrogens (tertiary/aromatic N) is 1. The summed E-state index contributed by atoms with van der Waals surface area (Å²) in [5, 5.41) is 10.8. The number of benzene rings is 2. The van der Waals surface area contributed by atoms with Crippen LogP contribution in [0.1, 0.15) is 5.56 Å². The van der Waals surface area contributed by atoms with E-state index in [0.29, 0.717) is 0 Å². The summed E-state index contributed by atoms with van der Waals surface area (Å²) in [4.78, 5) is 22.2. The number of carbonyl (C=O) groups excluding carboxylic acids is 1. The highest BCUT2D eigenvalue weighted by Crippen LogP contribution is 2.31. The molecular formula is C15H12BrNO5. The maximum Gasteiger partial charge on any atom is 0.315 e. The van der Waals surface area contributed by atoms with Gasteiger partial charge in [-0.05, 0) is 23.8 Å². The fraction of sp³-hybridized carbons (Fsp3) is 0.133. The van der Waals surface area contributed by atoms with E-state index in [-0.39, 0.29) is 23.6 Å². The Kier molecular flexibility index (Phi) is 5.11. The zero-order valence-corrected chi connectivity index (χ0v) is 13.2. The van der Waals surface area contributed by atoms with Crippen LogP contribution >= 0.6 is 15.9 Å². The predicted molar refractivity (Wildman–Crippen MR) is 83.1 cm³/mol. The van der Waals surface area contributed by atoms with Gasteiger partial charge in [0.1, 0.15) is 0 Å². The molecule has 0 fully saturated rings. The van der Waals surface area contributed by atoms with Crippen molar-refractivity contribution in [2.75, 3.05) is 7.11 Å². The molecule has 0 amide bonds. The molecular weight excluding hydrogens is 354 g/mol. The Bertz CT molecular complexity index is 700. The number of carbonyl (C=O) groups is 1. The van der Waals surface area contributed by atoms with Gasteiger partial charge in [0, 0.05) is 10.5 Å². The van der Waals surface area contributed by atoms with Crippen LogP contribution in [0.15, 0.2) is 46.9 Å². The van der Waals surface area contributed by atoms with Crippen LogP contribution in [0.3, 0.4) is 0 Å². The molecule has 0 N–H and O–H groups in total. The maximum atomic E-state index is 12.0. The van der Waals surface area contributed by atoms with Crippen molar-refractivity contribution in [1.82, 2.24) is 0 Å². The Morgan fingerprint density at radius 3 is 2.45 bits per heavy atom. The van der Waals surface area contributed by atoms with Gasteiger partial charge in [-0.3, -0.25) is 14.9 Å². The molecule has 0 unspecified atom stereocenters. The second kappa shape index (κ2) is 7.04. The molecule has 0 aliphatic rings. The number of rotatable bonds is 5. The van der Waals surface area contributed by atoms with E-state index in [1.54, 1.807) is 12.1 Å². The molecule has 7 heteroatoms. The van der Waals surface area contributed by atoms with Crippen molar-refractivity contribution in [3.8, 4) is 11.5 Å². The molecule has 0 aliphatic heterocycles. The van der Waals surface area contributed by atoms with Crippen molar-refractivity contribution >= 4 is 27.6 Å². The number of hydrogen-bond donors (Lipinski definition) is 0. The molecule has 0 heterocycles. The molecule has 114 valence electrons. The molecule has 0 saturated heterocycles. The Labute approximate surface area is 134 Å². The van der Waals surface area contributed by atoms with Crippen LogP contribution in [0, 0.1) is 10.1 Å². The van der Waals surface area contributed by atoms with Crippen molar-refractivity contribution in [1.29, 1.82) is 0 Å². The molecule has 22 heavy (non-hydrogen) atoms. The van der Waals surface area contributed by atoms with Gasteiger partial charge in [0.2, 0.25) is 0 Å². The number of nitro benzene ring substituents is 1. The molecule has 0 atom stereocenters. The van der Waals surface area contributed by atoms with Crippen LogP contribution in [0.2, 0.25) is 0 Å². The van der Waals surface area contributed by atoms with E-state index in [4.69, 9.17) is 9.47 Å². The Hall–Kier alpha value is -2.41. The molecule has 2 aromatic carbocycles. The smallest absolute Gasteiger partial charge is 0.315 e. The molecule has 0 aromatic heterocycles. The predicted octanol–water partition coefficient (Wildman–Crippen LogP) is 3.51. The number of methoxy groups -OCH3 is 1. The monoisotopic (exact) mass is 365 g/mol. The van der Waals surface area contributed by atoms with Gasteiger partial charge in [-0.1, -0.05) is 28.1 Å². The van der Waals surface area contributed by atoms with Crippen LogP contribution in [-0.4, -0.2) is 18.0 Å². The summed E-state index contributed by atoms with van der Waals surface area (Å²) in [6, 6.07) is 11.0. The third kappa shape index (κ3) is 4.05. The van der Waals surface area contributed by atoms with Crippen molar-refractivity contribution < 1.29 is 19.2 Å². The SMILES string of the molecule is COc1ccc([N+](=O)[O-])cc1OC(=O)Cc1ccc(Br)cc1. The number of esters is 1. The van der Waals surface area contributed by atoms with Gasteiger partial charge in [0.25, 0.3) is 5.69 Å². The third-order valence-electron chi connectivity index (χ3n) is 2.84. The van der Waals surface area contributed by atoms with E-state index in [1.165, 1.54) is 19.2 Å². The first-order valence-corrected chi connectivity index (χ1v) is 7.06. The molecule has 2 aromatic rings. The molecule has 6 nitrogen and oxygen atoms in total. The first-order valence-electron chi connectivity index (χ1n) is 6.27. The van der Waals surface area contributed by atoms with Crippen LogP contribution in [-0.2, 0) is 11.2 Å². The van der Waals surface area contributed by atoms with Gasteiger partial charge in [0.15, 0.2) is 11.5 Å². The minimum absolute atomic E-state index is 0.0267. The Balaban J connectivity index is 2.14. The summed E-state index contributed by atoms with van der Waals surface area (Å²) in [5.74, 6) is -0.241. The van der Waals surface area contributed by atoms with Gasteiger partial charge in [-0.2, -0.15) is 0 Å². The van der Waals surface area contributed by atoms with Crippen molar-refractivity contribution in [2.45, 2.75) is 6.42 Å². The molecule has 0 saturated carbocycles. The van der Waals surface area contributed by atoms with Gasteiger partial charge in [-0.25, -0.2) is 0 Å². The lowest BCUT2D eigenvalue weighted by Crippen LogP contribution is -2.12. The summed E-state index contributed by atoms with van der Waals surface area (Å²) >= 11 is 3.31. The van der Waals surface area contributed by atoms with E-state index in [0.717, 1.165) is 16.1 Å². The Morgan fingerprint density at radius 2 is 1.86 bits per heavy atom. The zero-order chi connectivity index (χ0) is 16.1. The lowest BCUT2D eigenvalue weighted by atomic mass is 10.1. The normalized spacial score (nSPS) is 10.1. The fourth-order valence-corrected chi connectivity index (χ4v) is 2.05. The zero-order valence-electron chi connectivity index (χ0n) is 11.6. The molecule has 0 bridgehead atoms. The molecule has 0 spiro atoms. The maximum absolute atomic E-state index is 12.0. The number of ether oxygens (including phenoxy) is 2. The number of nitro groups is 1. The van der Waals surface area contributed by atoms with Crippen LogP contribution in [0.25, 0.3) is 0 Å². The highest BCUT2D eigenvalue weighted by atomic mass is 79.9. The van der Waals surface area contributed by atoms with Gasteiger partial charge in [-0.15, -0.1) is 0 Å². The standard InChI is InChI=1S/C15H12BrNO5/c1-21-13-7-6-12(17(19)20)9-14(13)22-15(18)8-10-2-4-11(16)5-3-10/h2-7,9H,8H2,1H3. The quantitative estimate of drug-likeness (QED) is 0.350. The summed E-state index contributed by atoms with van der Waals surface area (Å²) in [5.41, 5.74) is 0.602. The van der Waals surface area contributed by atoms with E-state index < -0.39 is 10.9 Å². The minimum atomic E-state index is -0.564. The van der Waals surface area contributed by atoms with Gasteiger partial charge < -0.3 is 9.47 Å². The Morgan fingerprint density at radius 1 is 1.18 bits per heavy atom. The molecule has 2 rings (SSSR count). The van der Waals surface area contributed by atoms with E-state index in [9.17, 15) is 14.9 Å². The van der Waals surface area contributed by atoms with Crippen molar-refractivity contribution in [3.05, 3.63) is 62.6 Å². The lowest BCUT2D eigenvalue weighted by molar-refractivity contribution is -0.384. The summed E-state index contributed by atoms with van der Waals surface area (Å²) in [7, 11) is 1.40.